The zero-order valence-corrected chi connectivity index (χ0v) is 8.90. The summed E-state index contributed by atoms with van der Waals surface area (Å²) in [4.78, 5) is 11.0. The van der Waals surface area contributed by atoms with Crippen molar-refractivity contribution in [2.45, 2.75) is 19.5 Å². The van der Waals surface area contributed by atoms with E-state index in [1.807, 2.05) is 0 Å². The Labute approximate surface area is 89.1 Å². The Morgan fingerprint density at radius 3 is 3.07 bits per heavy atom. The van der Waals surface area contributed by atoms with Gasteiger partial charge in [0.1, 0.15) is 6.17 Å². The standard InChI is InChI=1S/C9H14FNO2.ClH/c1-2-13-9(12)5-7-3-4-11-6-8(7)10;/h5,8,11H,2-4,6H2,1H3;1H/b7-5+;. The largest absolute Gasteiger partial charge is 0.463 e. The molecule has 1 N–H and O–H groups in total. The Bertz CT molecular complexity index is 221. The first-order valence-electron chi connectivity index (χ1n) is 4.46. The van der Waals surface area contributed by atoms with Crippen molar-refractivity contribution in [2.75, 3.05) is 19.7 Å². The number of esters is 1. The van der Waals surface area contributed by atoms with Crippen molar-refractivity contribution in [1.29, 1.82) is 0 Å². The molecule has 0 aromatic rings. The average Bonchev–Trinajstić information content (AvgIpc) is 2.09. The van der Waals surface area contributed by atoms with Gasteiger partial charge >= 0.3 is 5.97 Å². The highest BCUT2D eigenvalue weighted by Gasteiger charge is 2.18. The molecule has 1 heterocycles. The molecule has 0 saturated carbocycles. The maximum Gasteiger partial charge on any atom is 0.330 e. The highest BCUT2D eigenvalue weighted by Crippen LogP contribution is 2.14. The van der Waals surface area contributed by atoms with Crippen LogP contribution in [0.2, 0.25) is 0 Å². The Kier molecular flexibility index (Phi) is 6.49. The fourth-order valence-corrected chi connectivity index (χ4v) is 1.25. The van der Waals surface area contributed by atoms with Crippen LogP contribution >= 0.6 is 12.4 Å². The third kappa shape index (κ3) is 4.07. The van der Waals surface area contributed by atoms with E-state index in [0.29, 0.717) is 25.1 Å². The number of hydrogen-bond donors (Lipinski definition) is 1. The summed E-state index contributed by atoms with van der Waals surface area (Å²) in [5.41, 5.74) is 0.539. The maximum atomic E-state index is 13.1. The Morgan fingerprint density at radius 1 is 1.79 bits per heavy atom. The van der Waals surface area contributed by atoms with Crippen molar-refractivity contribution in [3.05, 3.63) is 11.6 Å². The van der Waals surface area contributed by atoms with Gasteiger partial charge in [-0.3, -0.25) is 0 Å². The van der Waals surface area contributed by atoms with Gasteiger partial charge < -0.3 is 10.1 Å². The summed E-state index contributed by atoms with van der Waals surface area (Å²) >= 11 is 0. The van der Waals surface area contributed by atoms with Gasteiger partial charge in [0.15, 0.2) is 0 Å². The minimum absolute atomic E-state index is 0. The molecular formula is C9H15ClFNO2. The molecule has 5 heteroatoms. The number of carbonyl (C=O) groups is 1. The second-order valence-corrected chi connectivity index (χ2v) is 2.89. The lowest BCUT2D eigenvalue weighted by Crippen LogP contribution is -2.33. The van der Waals surface area contributed by atoms with Crippen LogP contribution in [-0.2, 0) is 9.53 Å². The van der Waals surface area contributed by atoms with Crippen LogP contribution in [0.15, 0.2) is 11.6 Å². The van der Waals surface area contributed by atoms with E-state index < -0.39 is 12.1 Å². The van der Waals surface area contributed by atoms with Crippen LogP contribution < -0.4 is 5.32 Å². The molecule has 1 unspecified atom stereocenters. The summed E-state index contributed by atoms with van der Waals surface area (Å²) in [6.07, 6.45) is 0.813. The fourth-order valence-electron chi connectivity index (χ4n) is 1.25. The van der Waals surface area contributed by atoms with Gasteiger partial charge in [-0.05, 0) is 25.5 Å². The van der Waals surface area contributed by atoms with Gasteiger partial charge in [-0.1, -0.05) is 0 Å². The molecule has 0 aliphatic carbocycles. The first-order valence-corrected chi connectivity index (χ1v) is 4.46. The van der Waals surface area contributed by atoms with E-state index in [1.54, 1.807) is 6.92 Å². The lowest BCUT2D eigenvalue weighted by atomic mass is 10.0. The molecule has 0 spiro atoms. The van der Waals surface area contributed by atoms with Crippen LogP contribution in [0.4, 0.5) is 4.39 Å². The fraction of sp³-hybridized carbons (Fsp3) is 0.667. The van der Waals surface area contributed by atoms with Gasteiger partial charge in [0, 0.05) is 12.6 Å². The molecule has 0 aromatic carbocycles. The van der Waals surface area contributed by atoms with Gasteiger partial charge in [-0.15, -0.1) is 12.4 Å². The zero-order valence-electron chi connectivity index (χ0n) is 8.09. The summed E-state index contributed by atoms with van der Waals surface area (Å²) in [6, 6.07) is 0. The van der Waals surface area contributed by atoms with Crippen LogP contribution in [0, 0.1) is 0 Å². The summed E-state index contributed by atoms with van der Waals surface area (Å²) in [7, 11) is 0. The van der Waals surface area contributed by atoms with Crippen LogP contribution in [0.3, 0.4) is 0 Å². The van der Waals surface area contributed by atoms with Crippen LogP contribution in [0.25, 0.3) is 0 Å². The smallest absolute Gasteiger partial charge is 0.330 e. The van der Waals surface area contributed by atoms with E-state index >= 15 is 0 Å². The average molecular weight is 224 g/mol. The van der Waals surface area contributed by atoms with Crippen molar-refractivity contribution in [3.63, 3.8) is 0 Å². The number of alkyl halides is 1. The number of hydrogen-bond acceptors (Lipinski definition) is 3. The first kappa shape index (κ1) is 13.4. The number of carbonyl (C=O) groups excluding carboxylic acids is 1. The molecule has 3 nitrogen and oxygen atoms in total. The topological polar surface area (TPSA) is 38.3 Å². The number of nitrogens with one attached hydrogen (secondary N) is 1. The summed E-state index contributed by atoms with van der Waals surface area (Å²) < 4.78 is 17.8. The van der Waals surface area contributed by atoms with E-state index in [0.717, 1.165) is 6.54 Å². The molecule has 1 fully saturated rings. The predicted molar refractivity (Wildman–Crippen MR) is 54.3 cm³/mol. The van der Waals surface area contributed by atoms with Gasteiger partial charge in [0.25, 0.3) is 0 Å². The van der Waals surface area contributed by atoms with E-state index in [2.05, 4.69) is 5.32 Å². The van der Waals surface area contributed by atoms with Gasteiger partial charge in [0.05, 0.1) is 6.61 Å². The molecule has 0 radical (unpaired) electrons. The van der Waals surface area contributed by atoms with E-state index in [1.165, 1.54) is 6.08 Å². The minimum atomic E-state index is -1.04. The van der Waals surface area contributed by atoms with Gasteiger partial charge in [-0.2, -0.15) is 0 Å². The number of piperidine rings is 1. The third-order valence-corrected chi connectivity index (χ3v) is 1.91. The Morgan fingerprint density at radius 2 is 2.50 bits per heavy atom. The molecular weight excluding hydrogens is 209 g/mol. The molecule has 1 atom stereocenters. The quantitative estimate of drug-likeness (QED) is 0.565. The molecule has 0 bridgehead atoms. The predicted octanol–water partition coefficient (Wildman–Crippen LogP) is 1.23. The highest BCUT2D eigenvalue weighted by atomic mass is 35.5. The van der Waals surface area contributed by atoms with Crippen molar-refractivity contribution in [1.82, 2.24) is 5.32 Å². The maximum absolute atomic E-state index is 13.1. The van der Waals surface area contributed by atoms with E-state index in [9.17, 15) is 9.18 Å². The summed E-state index contributed by atoms with van der Waals surface area (Å²) in [5.74, 6) is -0.443. The SMILES string of the molecule is CCOC(=O)/C=C1\CCNCC1F.Cl. The van der Waals surface area contributed by atoms with Crippen molar-refractivity contribution < 1.29 is 13.9 Å². The van der Waals surface area contributed by atoms with Gasteiger partial charge in [0.2, 0.25) is 0 Å². The van der Waals surface area contributed by atoms with Crippen LogP contribution in [0.5, 0.6) is 0 Å². The van der Waals surface area contributed by atoms with E-state index in [4.69, 9.17) is 4.74 Å². The van der Waals surface area contributed by atoms with Crippen molar-refractivity contribution >= 4 is 18.4 Å². The summed E-state index contributed by atoms with van der Waals surface area (Å²) in [5, 5.41) is 2.90. The zero-order chi connectivity index (χ0) is 9.68. The Balaban J connectivity index is 0.00000169. The van der Waals surface area contributed by atoms with Crippen LogP contribution in [-0.4, -0.2) is 31.8 Å². The monoisotopic (exact) mass is 223 g/mol. The number of rotatable bonds is 2. The summed E-state index contributed by atoms with van der Waals surface area (Å²) in [6.45, 7) is 3.08. The molecule has 0 aromatic heterocycles. The number of halogens is 2. The number of ether oxygens (including phenoxy) is 1. The molecule has 0 amide bonds. The highest BCUT2D eigenvalue weighted by molar-refractivity contribution is 5.85. The van der Waals surface area contributed by atoms with Crippen molar-refractivity contribution in [3.8, 4) is 0 Å². The normalized spacial score (nSPS) is 24.1. The molecule has 1 saturated heterocycles. The second-order valence-electron chi connectivity index (χ2n) is 2.89. The van der Waals surface area contributed by atoms with Crippen LogP contribution in [0.1, 0.15) is 13.3 Å². The molecule has 1 aliphatic rings. The molecule has 1 aliphatic heterocycles. The van der Waals surface area contributed by atoms with E-state index in [-0.39, 0.29) is 12.4 Å². The Hall–Kier alpha value is -0.610. The molecule has 14 heavy (non-hydrogen) atoms. The lowest BCUT2D eigenvalue weighted by Gasteiger charge is -2.19. The lowest BCUT2D eigenvalue weighted by molar-refractivity contribution is -0.137. The van der Waals surface area contributed by atoms with Gasteiger partial charge in [-0.25, -0.2) is 9.18 Å². The third-order valence-electron chi connectivity index (χ3n) is 1.91. The molecule has 1 rings (SSSR count). The van der Waals surface area contributed by atoms with Crippen molar-refractivity contribution in [2.24, 2.45) is 0 Å². The molecule has 82 valence electrons. The first-order chi connectivity index (χ1) is 6.24. The second kappa shape index (κ2) is 6.79. The minimum Gasteiger partial charge on any atom is -0.463 e.